The number of hydrogen-bond acceptors (Lipinski definition) is 3. The first-order valence-corrected chi connectivity index (χ1v) is 5.84. The van der Waals surface area contributed by atoms with Crippen LogP contribution in [0.3, 0.4) is 0 Å². The Morgan fingerprint density at radius 1 is 1.53 bits per heavy atom. The molecule has 0 saturated heterocycles. The van der Waals surface area contributed by atoms with Crippen LogP contribution in [0.25, 0.3) is 0 Å². The highest BCUT2D eigenvalue weighted by molar-refractivity contribution is 5.75. The van der Waals surface area contributed by atoms with E-state index in [0.717, 1.165) is 5.56 Å². The summed E-state index contributed by atoms with van der Waals surface area (Å²) in [6.45, 7) is 4.76. The second-order valence-electron chi connectivity index (χ2n) is 4.73. The van der Waals surface area contributed by atoms with Crippen LogP contribution in [0.1, 0.15) is 32.3 Å². The zero-order valence-electron chi connectivity index (χ0n) is 10.4. The number of hydrogen-bond donors (Lipinski definition) is 2. The van der Waals surface area contributed by atoms with E-state index >= 15 is 0 Å². The zero-order valence-corrected chi connectivity index (χ0v) is 10.4. The highest BCUT2D eigenvalue weighted by Crippen LogP contribution is 2.20. The van der Waals surface area contributed by atoms with Gasteiger partial charge < -0.3 is 10.4 Å². The van der Waals surface area contributed by atoms with Gasteiger partial charge in [0.05, 0.1) is 0 Å². The van der Waals surface area contributed by atoms with E-state index in [1.807, 2.05) is 18.3 Å². The second-order valence-corrected chi connectivity index (χ2v) is 4.73. The Hall–Kier alpha value is -1.42. The Labute approximate surface area is 102 Å². The van der Waals surface area contributed by atoms with Crippen molar-refractivity contribution in [3.8, 4) is 0 Å². The van der Waals surface area contributed by atoms with Gasteiger partial charge in [-0.15, -0.1) is 0 Å². The number of amides is 1. The van der Waals surface area contributed by atoms with Crippen molar-refractivity contribution in [2.24, 2.45) is 0 Å². The molecule has 0 aliphatic carbocycles. The van der Waals surface area contributed by atoms with E-state index in [2.05, 4.69) is 24.1 Å². The van der Waals surface area contributed by atoms with Gasteiger partial charge in [0.1, 0.15) is 0 Å². The zero-order chi connectivity index (χ0) is 12.7. The van der Waals surface area contributed by atoms with E-state index in [4.69, 9.17) is 5.11 Å². The summed E-state index contributed by atoms with van der Waals surface area (Å²) in [4.78, 5) is 15.5. The molecule has 17 heavy (non-hydrogen) atoms. The van der Waals surface area contributed by atoms with Crippen LogP contribution >= 0.6 is 0 Å². The lowest BCUT2D eigenvalue weighted by molar-refractivity contribution is -0.121. The third-order valence-electron chi connectivity index (χ3n) is 2.73. The quantitative estimate of drug-likeness (QED) is 0.781. The highest BCUT2D eigenvalue weighted by atomic mass is 16.3. The lowest BCUT2D eigenvalue weighted by Crippen LogP contribution is -2.36. The van der Waals surface area contributed by atoms with Crippen LogP contribution in [-0.2, 0) is 10.2 Å². The number of rotatable bonds is 6. The topological polar surface area (TPSA) is 62.2 Å². The largest absolute Gasteiger partial charge is 0.396 e. The van der Waals surface area contributed by atoms with Gasteiger partial charge in [-0.25, -0.2) is 0 Å². The van der Waals surface area contributed by atoms with Crippen molar-refractivity contribution >= 4 is 5.91 Å². The monoisotopic (exact) mass is 236 g/mol. The fourth-order valence-electron chi connectivity index (χ4n) is 1.51. The van der Waals surface area contributed by atoms with Gasteiger partial charge in [0.2, 0.25) is 5.91 Å². The summed E-state index contributed by atoms with van der Waals surface area (Å²) in [6, 6.07) is 3.90. The summed E-state index contributed by atoms with van der Waals surface area (Å²) in [5.41, 5.74) is 0.964. The van der Waals surface area contributed by atoms with E-state index in [9.17, 15) is 4.79 Å². The molecule has 4 nitrogen and oxygen atoms in total. The molecule has 0 atom stereocenters. The first-order valence-electron chi connectivity index (χ1n) is 5.84. The van der Waals surface area contributed by atoms with Crippen LogP contribution < -0.4 is 5.32 Å². The van der Waals surface area contributed by atoms with Crippen molar-refractivity contribution in [3.05, 3.63) is 30.1 Å². The predicted octanol–water partition coefficient (Wildman–Crippen LogP) is 1.25. The predicted molar refractivity (Wildman–Crippen MR) is 66.6 cm³/mol. The standard InChI is InChI=1S/C13H20N2O2/c1-13(2,11-5-3-7-14-9-11)10-15-12(17)6-4-8-16/h3,5,7,9,16H,4,6,8,10H2,1-2H3,(H,15,17). The normalized spacial score (nSPS) is 11.2. The molecule has 1 aromatic rings. The van der Waals surface area contributed by atoms with Gasteiger partial charge in [-0.2, -0.15) is 0 Å². The van der Waals surface area contributed by atoms with E-state index < -0.39 is 0 Å². The van der Waals surface area contributed by atoms with Crippen LogP contribution in [0.5, 0.6) is 0 Å². The number of aliphatic hydroxyl groups is 1. The molecule has 0 unspecified atom stereocenters. The van der Waals surface area contributed by atoms with Gasteiger partial charge in [0, 0.05) is 37.4 Å². The molecule has 0 bridgehead atoms. The first kappa shape index (κ1) is 13.6. The molecule has 1 amide bonds. The lowest BCUT2D eigenvalue weighted by Gasteiger charge is -2.25. The number of nitrogens with one attached hydrogen (secondary N) is 1. The number of pyridine rings is 1. The minimum Gasteiger partial charge on any atom is -0.396 e. The first-order chi connectivity index (χ1) is 8.06. The van der Waals surface area contributed by atoms with Crippen molar-refractivity contribution in [3.63, 3.8) is 0 Å². The number of carbonyl (C=O) groups is 1. The second kappa shape index (κ2) is 6.35. The van der Waals surface area contributed by atoms with Crippen LogP contribution in [0.2, 0.25) is 0 Å². The maximum Gasteiger partial charge on any atom is 0.220 e. The summed E-state index contributed by atoms with van der Waals surface area (Å²) < 4.78 is 0. The third-order valence-corrected chi connectivity index (χ3v) is 2.73. The van der Waals surface area contributed by atoms with Crippen LogP contribution in [-0.4, -0.2) is 29.1 Å². The Kier molecular flexibility index (Phi) is 5.10. The van der Waals surface area contributed by atoms with Gasteiger partial charge in [-0.1, -0.05) is 19.9 Å². The molecule has 0 spiro atoms. The number of carbonyl (C=O) groups excluding carboxylic acids is 1. The van der Waals surface area contributed by atoms with Crippen molar-refractivity contribution in [1.82, 2.24) is 10.3 Å². The van der Waals surface area contributed by atoms with Crippen molar-refractivity contribution in [1.29, 1.82) is 0 Å². The third kappa shape index (κ3) is 4.53. The molecule has 1 heterocycles. The summed E-state index contributed by atoms with van der Waals surface area (Å²) >= 11 is 0. The van der Waals surface area contributed by atoms with Crippen LogP contribution in [0.4, 0.5) is 0 Å². The van der Waals surface area contributed by atoms with Gasteiger partial charge in [0.25, 0.3) is 0 Å². The number of aromatic nitrogens is 1. The van der Waals surface area contributed by atoms with Crippen molar-refractivity contribution in [2.45, 2.75) is 32.1 Å². The number of nitrogens with zero attached hydrogens (tertiary/aromatic N) is 1. The van der Waals surface area contributed by atoms with Gasteiger partial charge in [0.15, 0.2) is 0 Å². The maximum atomic E-state index is 11.4. The summed E-state index contributed by atoms with van der Waals surface area (Å²) in [6.07, 6.45) is 4.44. The molecule has 94 valence electrons. The molecule has 0 saturated carbocycles. The van der Waals surface area contributed by atoms with Gasteiger partial charge in [-0.3, -0.25) is 9.78 Å². The van der Waals surface area contributed by atoms with Crippen LogP contribution in [0.15, 0.2) is 24.5 Å². The molecule has 1 rings (SSSR count). The highest BCUT2D eigenvalue weighted by Gasteiger charge is 2.21. The molecule has 0 aliphatic rings. The molecule has 4 heteroatoms. The Bertz CT molecular complexity index is 350. The van der Waals surface area contributed by atoms with Crippen LogP contribution in [0, 0.1) is 0 Å². The maximum absolute atomic E-state index is 11.4. The summed E-state index contributed by atoms with van der Waals surface area (Å²) in [7, 11) is 0. The molecular weight excluding hydrogens is 216 g/mol. The molecule has 2 N–H and O–H groups in total. The van der Waals surface area contributed by atoms with E-state index in [1.54, 1.807) is 6.20 Å². The van der Waals surface area contributed by atoms with Crippen molar-refractivity contribution < 1.29 is 9.90 Å². The summed E-state index contributed by atoms with van der Waals surface area (Å²) in [5.74, 6) is -0.0176. The fourth-order valence-corrected chi connectivity index (χ4v) is 1.51. The molecule has 0 radical (unpaired) electrons. The molecule has 0 aliphatic heterocycles. The molecular formula is C13H20N2O2. The van der Waals surface area contributed by atoms with Gasteiger partial charge in [-0.05, 0) is 18.1 Å². The van der Waals surface area contributed by atoms with E-state index in [0.29, 0.717) is 19.4 Å². The minimum absolute atomic E-state index is 0.0176. The fraction of sp³-hybridized carbons (Fsp3) is 0.538. The van der Waals surface area contributed by atoms with Gasteiger partial charge >= 0.3 is 0 Å². The van der Waals surface area contributed by atoms with E-state index in [1.165, 1.54) is 0 Å². The summed E-state index contributed by atoms with van der Waals surface area (Å²) in [5, 5.41) is 11.5. The molecule has 0 aromatic carbocycles. The number of aliphatic hydroxyl groups excluding tert-OH is 1. The minimum atomic E-state index is -0.136. The lowest BCUT2D eigenvalue weighted by atomic mass is 9.85. The Morgan fingerprint density at radius 2 is 2.29 bits per heavy atom. The Balaban J connectivity index is 2.48. The average Bonchev–Trinajstić information content (AvgIpc) is 2.35. The molecule has 1 aromatic heterocycles. The smallest absolute Gasteiger partial charge is 0.220 e. The van der Waals surface area contributed by atoms with Crippen molar-refractivity contribution in [2.75, 3.05) is 13.2 Å². The Morgan fingerprint density at radius 3 is 2.88 bits per heavy atom. The molecule has 0 fully saturated rings. The SMILES string of the molecule is CC(C)(CNC(=O)CCCO)c1cccnc1. The average molecular weight is 236 g/mol. The van der Waals surface area contributed by atoms with E-state index in [-0.39, 0.29) is 17.9 Å².